The van der Waals surface area contributed by atoms with Crippen molar-refractivity contribution in [3.05, 3.63) is 98.4 Å². The van der Waals surface area contributed by atoms with Crippen LogP contribution in [0.5, 0.6) is 0 Å². The molecule has 0 atom stereocenters. The Morgan fingerprint density at radius 2 is 1.77 bits per heavy atom. The standard InChI is InChI=1S/C25H22IN3O/c1-16-13-21(11-12-24(16)26)29-17(2)14-20(18(29)3)15-27-28-25(30)23-10-6-8-19-7-4-5-9-22(19)23/h4-15H,1-3H3,(H,28,30)/b27-15-. The monoisotopic (exact) mass is 507 g/mol. The second-order valence-corrected chi connectivity index (χ2v) is 8.48. The first-order chi connectivity index (χ1) is 14.5. The number of amides is 1. The van der Waals surface area contributed by atoms with E-state index in [1.165, 1.54) is 9.13 Å². The predicted octanol–water partition coefficient (Wildman–Crippen LogP) is 5.92. The molecule has 150 valence electrons. The maximum absolute atomic E-state index is 12.7. The summed E-state index contributed by atoms with van der Waals surface area (Å²) >= 11 is 2.35. The van der Waals surface area contributed by atoms with E-state index in [-0.39, 0.29) is 5.91 Å². The van der Waals surface area contributed by atoms with E-state index in [1.807, 2.05) is 42.5 Å². The van der Waals surface area contributed by atoms with Crippen molar-refractivity contribution in [2.75, 3.05) is 0 Å². The van der Waals surface area contributed by atoms with Crippen molar-refractivity contribution in [3.8, 4) is 5.69 Å². The third-order valence-electron chi connectivity index (χ3n) is 5.27. The SMILES string of the molecule is Cc1cc(-n2c(C)cc(/C=N\NC(=O)c3cccc4ccccc34)c2C)ccc1I. The molecule has 30 heavy (non-hydrogen) atoms. The second-order valence-electron chi connectivity index (χ2n) is 7.32. The van der Waals surface area contributed by atoms with E-state index >= 15 is 0 Å². The van der Waals surface area contributed by atoms with Gasteiger partial charge >= 0.3 is 0 Å². The first-order valence-corrected chi connectivity index (χ1v) is 10.8. The van der Waals surface area contributed by atoms with Crippen molar-refractivity contribution in [2.24, 2.45) is 5.10 Å². The number of aryl methyl sites for hydroxylation is 2. The fourth-order valence-corrected chi connectivity index (χ4v) is 4.06. The first-order valence-electron chi connectivity index (χ1n) is 9.72. The highest BCUT2D eigenvalue weighted by Gasteiger charge is 2.11. The minimum Gasteiger partial charge on any atom is -0.318 e. The molecule has 4 nitrogen and oxygen atoms in total. The van der Waals surface area contributed by atoms with Crippen molar-refractivity contribution in [1.29, 1.82) is 0 Å². The van der Waals surface area contributed by atoms with Gasteiger partial charge in [0.15, 0.2) is 0 Å². The fourth-order valence-electron chi connectivity index (χ4n) is 3.73. The molecule has 0 aliphatic heterocycles. The number of nitrogens with one attached hydrogen (secondary N) is 1. The number of carbonyl (C=O) groups excluding carboxylic acids is 1. The van der Waals surface area contributed by atoms with Crippen LogP contribution >= 0.6 is 22.6 Å². The summed E-state index contributed by atoms with van der Waals surface area (Å²) in [7, 11) is 0. The minimum atomic E-state index is -0.217. The van der Waals surface area contributed by atoms with E-state index in [0.29, 0.717) is 5.56 Å². The van der Waals surface area contributed by atoms with Crippen LogP contribution in [0, 0.1) is 24.3 Å². The number of halogens is 1. The lowest BCUT2D eigenvalue weighted by Crippen LogP contribution is -2.18. The maximum atomic E-state index is 12.7. The third kappa shape index (κ3) is 3.89. The predicted molar refractivity (Wildman–Crippen MR) is 132 cm³/mol. The zero-order valence-corrected chi connectivity index (χ0v) is 19.3. The molecule has 0 aliphatic carbocycles. The topological polar surface area (TPSA) is 46.4 Å². The summed E-state index contributed by atoms with van der Waals surface area (Å²) in [6.07, 6.45) is 1.71. The molecule has 1 N–H and O–H groups in total. The molecule has 0 bridgehead atoms. The van der Waals surface area contributed by atoms with Gasteiger partial charge in [0.25, 0.3) is 5.91 Å². The van der Waals surface area contributed by atoms with E-state index in [9.17, 15) is 4.79 Å². The summed E-state index contributed by atoms with van der Waals surface area (Å²) < 4.78 is 3.45. The molecule has 0 radical (unpaired) electrons. The van der Waals surface area contributed by atoms with Crippen LogP contribution in [0.2, 0.25) is 0 Å². The average Bonchev–Trinajstić information content (AvgIpc) is 3.02. The van der Waals surface area contributed by atoms with E-state index in [2.05, 4.69) is 82.7 Å². The zero-order valence-electron chi connectivity index (χ0n) is 17.1. The molecule has 1 amide bonds. The summed E-state index contributed by atoms with van der Waals surface area (Å²) in [5.74, 6) is -0.217. The molecule has 4 aromatic rings. The highest BCUT2D eigenvalue weighted by atomic mass is 127. The Morgan fingerprint density at radius 3 is 2.57 bits per heavy atom. The van der Waals surface area contributed by atoms with Gasteiger partial charge in [0.05, 0.1) is 6.21 Å². The Kier molecular flexibility index (Phi) is 5.72. The third-order valence-corrected chi connectivity index (χ3v) is 6.48. The summed E-state index contributed by atoms with van der Waals surface area (Å²) in [5, 5.41) is 6.18. The summed E-state index contributed by atoms with van der Waals surface area (Å²) in [4.78, 5) is 12.7. The Hall–Kier alpha value is -2.93. The van der Waals surface area contributed by atoms with Crippen molar-refractivity contribution >= 4 is 45.5 Å². The quantitative estimate of drug-likeness (QED) is 0.208. The van der Waals surface area contributed by atoms with Crippen LogP contribution in [0.1, 0.15) is 32.9 Å². The number of hydrogen-bond acceptors (Lipinski definition) is 2. The summed E-state index contributed by atoms with van der Waals surface area (Å²) in [6, 6.07) is 22.1. The fraction of sp³-hybridized carbons (Fsp3) is 0.120. The summed E-state index contributed by atoms with van der Waals surface area (Å²) in [6.45, 7) is 6.26. The highest BCUT2D eigenvalue weighted by molar-refractivity contribution is 14.1. The van der Waals surface area contributed by atoms with Gasteiger partial charge in [-0.15, -0.1) is 0 Å². The van der Waals surface area contributed by atoms with Crippen LogP contribution in [0.25, 0.3) is 16.5 Å². The molecule has 0 saturated heterocycles. The molecule has 1 heterocycles. The first kappa shape index (κ1) is 20.3. The number of hydrazone groups is 1. The maximum Gasteiger partial charge on any atom is 0.271 e. The van der Waals surface area contributed by atoms with Gasteiger partial charge in [-0.2, -0.15) is 5.10 Å². The molecule has 0 aliphatic rings. The summed E-state index contributed by atoms with van der Waals surface area (Å²) in [5.41, 5.74) is 8.84. The molecule has 5 heteroatoms. The molecule has 4 rings (SSSR count). The largest absolute Gasteiger partial charge is 0.318 e. The van der Waals surface area contributed by atoms with Crippen LogP contribution in [-0.4, -0.2) is 16.7 Å². The second kappa shape index (κ2) is 8.44. The van der Waals surface area contributed by atoms with Gasteiger partial charge in [0.2, 0.25) is 0 Å². The molecule has 0 saturated carbocycles. The van der Waals surface area contributed by atoms with Gasteiger partial charge in [-0.1, -0.05) is 36.4 Å². The van der Waals surface area contributed by atoms with E-state index < -0.39 is 0 Å². The molecular formula is C25H22IN3O. The van der Waals surface area contributed by atoms with Gasteiger partial charge in [-0.05, 0) is 90.0 Å². The van der Waals surface area contributed by atoms with Crippen molar-refractivity contribution in [3.63, 3.8) is 0 Å². The number of carbonyl (C=O) groups is 1. The Balaban J connectivity index is 1.57. The molecule has 0 fully saturated rings. The van der Waals surface area contributed by atoms with Crippen LogP contribution in [-0.2, 0) is 0 Å². The number of benzene rings is 3. The molecule has 3 aromatic carbocycles. The van der Waals surface area contributed by atoms with Gasteiger partial charge < -0.3 is 4.57 Å². The molecule has 1 aromatic heterocycles. The Morgan fingerprint density at radius 1 is 1.00 bits per heavy atom. The number of rotatable bonds is 4. The molecule has 0 spiro atoms. The van der Waals surface area contributed by atoms with E-state index in [0.717, 1.165) is 33.4 Å². The van der Waals surface area contributed by atoms with E-state index in [4.69, 9.17) is 0 Å². The van der Waals surface area contributed by atoms with Gasteiger partial charge in [0, 0.05) is 31.8 Å². The number of fused-ring (bicyclic) bond motifs is 1. The lowest BCUT2D eigenvalue weighted by molar-refractivity contribution is 0.0957. The van der Waals surface area contributed by atoms with Crippen LogP contribution in [0.4, 0.5) is 0 Å². The van der Waals surface area contributed by atoms with Gasteiger partial charge in [-0.3, -0.25) is 4.79 Å². The van der Waals surface area contributed by atoms with Crippen molar-refractivity contribution < 1.29 is 4.79 Å². The lowest BCUT2D eigenvalue weighted by Gasteiger charge is -2.11. The highest BCUT2D eigenvalue weighted by Crippen LogP contribution is 2.23. The normalized spacial score (nSPS) is 11.3. The Labute approximate surface area is 189 Å². The number of hydrogen-bond donors (Lipinski definition) is 1. The number of aromatic nitrogens is 1. The van der Waals surface area contributed by atoms with Crippen LogP contribution in [0.15, 0.2) is 71.8 Å². The van der Waals surface area contributed by atoms with E-state index in [1.54, 1.807) is 6.21 Å². The van der Waals surface area contributed by atoms with Crippen LogP contribution in [0.3, 0.4) is 0 Å². The van der Waals surface area contributed by atoms with Gasteiger partial charge in [-0.25, -0.2) is 5.43 Å². The zero-order chi connectivity index (χ0) is 21.3. The van der Waals surface area contributed by atoms with Crippen molar-refractivity contribution in [1.82, 2.24) is 9.99 Å². The number of nitrogens with zero attached hydrogens (tertiary/aromatic N) is 2. The Bertz CT molecular complexity index is 1280. The lowest BCUT2D eigenvalue weighted by atomic mass is 10.0. The van der Waals surface area contributed by atoms with Gasteiger partial charge in [0.1, 0.15) is 0 Å². The minimum absolute atomic E-state index is 0.217. The smallest absolute Gasteiger partial charge is 0.271 e. The van der Waals surface area contributed by atoms with Crippen molar-refractivity contribution in [2.45, 2.75) is 20.8 Å². The average molecular weight is 507 g/mol. The molecular weight excluding hydrogens is 485 g/mol. The molecule has 0 unspecified atom stereocenters. The van der Waals surface area contributed by atoms with Crippen LogP contribution < -0.4 is 5.43 Å².